The molecule has 1 aliphatic rings. The fourth-order valence-electron chi connectivity index (χ4n) is 5.79. The second-order valence-electron chi connectivity index (χ2n) is 10.9. The number of nitrogens with zero attached hydrogens (tertiary/aromatic N) is 2. The first-order chi connectivity index (χ1) is 19.5. The monoisotopic (exact) mass is 619 g/mol. The molecule has 0 bridgehead atoms. The summed E-state index contributed by atoms with van der Waals surface area (Å²) in [5, 5.41) is 3.38. The summed E-state index contributed by atoms with van der Waals surface area (Å²) in [6, 6.07) is 17.8. The number of para-hydroxylation sites is 1. The molecule has 3 aromatic rings. The van der Waals surface area contributed by atoms with E-state index in [-0.39, 0.29) is 44.0 Å². The third-order valence-electron chi connectivity index (χ3n) is 7.98. The molecule has 10 heteroatoms. The lowest BCUT2D eigenvalue weighted by molar-refractivity contribution is 0.0948. The molecule has 0 spiro atoms. The molecule has 6 nitrogen and oxygen atoms in total. The maximum atomic E-state index is 13.5. The van der Waals surface area contributed by atoms with Crippen LogP contribution in [0.25, 0.3) is 0 Å². The minimum atomic E-state index is -3.98. The Hall–Kier alpha value is -2.65. The normalized spacial score (nSPS) is 18.2. The van der Waals surface area contributed by atoms with Crippen molar-refractivity contribution >= 4 is 44.8 Å². The molecule has 0 aliphatic heterocycles. The van der Waals surface area contributed by atoms with Gasteiger partial charge in [0.25, 0.3) is 15.9 Å². The number of halogens is 3. The second-order valence-corrected chi connectivity index (χ2v) is 13.6. The number of carbonyl (C=O) groups excluding carboxylic acids is 1. The standard InChI is InChI=1S/C31H36Cl2FN3O3S/c1-36(2)30(23-12-14-24(34)15-13-23)22-10-8-21(9-11-22)18-19-35-31(38)26-6-4-5-7-29(26)37(3)41(39,40)25-16-17-27(32)28(33)20-25/h4-7,12-17,20-22,30H,8-11,18-19H2,1-3H3,(H,35,38). The van der Waals surface area contributed by atoms with Crippen molar-refractivity contribution in [3.05, 3.63) is 93.7 Å². The molecule has 0 radical (unpaired) electrons. The average molecular weight is 621 g/mol. The van der Waals surface area contributed by atoms with Crippen LogP contribution in [0.15, 0.2) is 71.6 Å². The second kappa shape index (κ2) is 13.6. The van der Waals surface area contributed by atoms with Crippen LogP contribution in [0, 0.1) is 17.7 Å². The fraction of sp³-hybridized carbons (Fsp3) is 0.387. The maximum absolute atomic E-state index is 13.5. The van der Waals surface area contributed by atoms with Crippen molar-refractivity contribution in [3.8, 4) is 0 Å². The maximum Gasteiger partial charge on any atom is 0.264 e. The summed E-state index contributed by atoms with van der Waals surface area (Å²) < 4.78 is 41.1. The van der Waals surface area contributed by atoms with Crippen molar-refractivity contribution in [1.82, 2.24) is 10.2 Å². The molecule has 4 rings (SSSR count). The van der Waals surface area contributed by atoms with Crippen LogP contribution in [-0.2, 0) is 10.0 Å². The molecule has 1 atom stereocenters. The Bertz CT molecular complexity index is 1460. The van der Waals surface area contributed by atoms with Crippen molar-refractivity contribution in [2.45, 2.75) is 43.0 Å². The first-order valence-electron chi connectivity index (χ1n) is 13.7. The Labute approximate surface area is 252 Å². The highest BCUT2D eigenvalue weighted by molar-refractivity contribution is 7.92. The average Bonchev–Trinajstić information content (AvgIpc) is 2.95. The quantitative estimate of drug-likeness (QED) is 0.261. The Morgan fingerprint density at radius 1 is 0.951 bits per heavy atom. The Morgan fingerprint density at radius 3 is 2.24 bits per heavy atom. The van der Waals surface area contributed by atoms with Gasteiger partial charge in [-0.3, -0.25) is 9.10 Å². The number of hydrogen-bond donors (Lipinski definition) is 1. The van der Waals surface area contributed by atoms with Crippen molar-refractivity contribution < 1.29 is 17.6 Å². The lowest BCUT2D eigenvalue weighted by Gasteiger charge is -2.37. The first-order valence-corrected chi connectivity index (χ1v) is 15.9. The molecule has 1 aliphatic carbocycles. The van der Waals surface area contributed by atoms with Crippen molar-refractivity contribution in [2.75, 3.05) is 32.0 Å². The van der Waals surface area contributed by atoms with Crippen LogP contribution in [0.2, 0.25) is 10.0 Å². The van der Waals surface area contributed by atoms with Crippen LogP contribution >= 0.6 is 23.2 Å². The van der Waals surface area contributed by atoms with E-state index in [1.165, 1.54) is 37.4 Å². The van der Waals surface area contributed by atoms with Crippen LogP contribution in [0.4, 0.5) is 10.1 Å². The van der Waals surface area contributed by atoms with Crippen molar-refractivity contribution in [2.24, 2.45) is 11.8 Å². The van der Waals surface area contributed by atoms with Gasteiger partial charge in [0.15, 0.2) is 0 Å². The molecule has 0 saturated heterocycles. The van der Waals surface area contributed by atoms with E-state index in [0.29, 0.717) is 18.4 Å². The predicted molar refractivity (Wildman–Crippen MR) is 164 cm³/mol. The highest BCUT2D eigenvalue weighted by Crippen LogP contribution is 2.40. The van der Waals surface area contributed by atoms with E-state index in [1.807, 2.05) is 12.1 Å². The number of sulfonamides is 1. The van der Waals surface area contributed by atoms with Gasteiger partial charge in [-0.15, -0.1) is 0 Å². The summed E-state index contributed by atoms with van der Waals surface area (Å²) in [6.07, 6.45) is 5.11. The third kappa shape index (κ3) is 7.41. The molecule has 1 amide bonds. The topological polar surface area (TPSA) is 69.7 Å². The SMILES string of the molecule is CN(C)C(c1ccc(F)cc1)C1CCC(CCNC(=O)c2ccccc2N(C)S(=O)(=O)c2ccc(Cl)c(Cl)c2)CC1. The zero-order valence-corrected chi connectivity index (χ0v) is 25.8. The van der Waals surface area contributed by atoms with Crippen molar-refractivity contribution in [3.63, 3.8) is 0 Å². The molecule has 1 N–H and O–H groups in total. The van der Waals surface area contributed by atoms with Gasteiger partial charge in [0.2, 0.25) is 0 Å². The van der Waals surface area contributed by atoms with E-state index < -0.39 is 10.0 Å². The van der Waals surface area contributed by atoms with Crippen LogP contribution in [-0.4, -0.2) is 46.9 Å². The van der Waals surface area contributed by atoms with Gasteiger partial charge in [-0.2, -0.15) is 0 Å². The molecule has 0 aromatic heterocycles. The Morgan fingerprint density at radius 2 is 1.61 bits per heavy atom. The Balaban J connectivity index is 1.34. The van der Waals surface area contributed by atoms with Gasteiger partial charge in [0.1, 0.15) is 5.82 Å². The van der Waals surface area contributed by atoms with Gasteiger partial charge in [0.05, 0.1) is 26.2 Å². The minimum Gasteiger partial charge on any atom is -0.352 e. The molecular weight excluding hydrogens is 584 g/mol. The lowest BCUT2D eigenvalue weighted by Crippen LogP contribution is -2.33. The molecular formula is C31H36Cl2FN3O3S. The van der Waals surface area contributed by atoms with Gasteiger partial charge in [0, 0.05) is 19.6 Å². The zero-order valence-electron chi connectivity index (χ0n) is 23.5. The van der Waals surface area contributed by atoms with E-state index >= 15 is 0 Å². The van der Waals surface area contributed by atoms with Crippen LogP contribution in [0.3, 0.4) is 0 Å². The molecule has 220 valence electrons. The van der Waals surface area contributed by atoms with Gasteiger partial charge in [-0.1, -0.05) is 60.3 Å². The summed E-state index contributed by atoms with van der Waals surface area (Å²) in [4.78, 5) is 15.4. The number of anilines is 1. The van der Waals surface area contributed by atoms with E-state index in [2.05, 4.69) is 24.3 Å². The third-order valence-corrected chi connectivity index (χ3v) is 10.5. The zero-order chi connectivity index (χ0) is 29.7. The van der Waals surface area contributed by atoms with E-state index in [9.17, 15) is 17.6 Å². The van der Waals surface area contributed by atoms with Crippen LogP contribution in [0.5, 0.6) is 0 Å². The molecule has 0 heterocycles. The van der Waals surface area contributed by atoms with Crippen molar-refractivity contribution in [1.29, 1.82) is 0 Å². The van der Waals surface area contributed by atoms with Crippen LogP contribution < -0.4 is 9.62 Å². The van der Waals surface area contributed by atoms with Gasteiger partial charge < -0.3 is 10.2 Å². The molecule has 3 aromatic carbocycles. The fourth-order valence-corrected chi connectivity index (χ4v) is 7.40. The number of amides is 1. The number of hydrogen-bond acceptors (Lipinski definition) is 4. The highest BCUT2D eigenvalue weighted by Gasteiger charge is 2.30. The highest BCUT2D eigenvalue weighted by atomic mass is 35.5. The van der Waals surface area contributed by atoms with Crippen LogP contribution in [0.1, 0.15) is 54.1 Å². The van der Waals surface area contributed by atoms with Gasteiger partial charge in [-0.05, 0) is 93.2 Å². The molecule has 1 unspecified atom stereocenters. The molecule has 1 fully saturated rings. The summed E-state index contributed by atoms with van der Waals surface area (Å²) >= 11 is 12.0. The Kier molecular flexibility index (Phi) is 10.3. The summed E-state index contributed by atoms with van der Waals surface area (Å²) in [7, 11) is 1.57. The van der Waals surface area contributed by atoms with E-state index in [1.54, 1.807) is 24.3 Å². The first kappa shape index (κ1) is 31.3. The van der Waals surface area contributed by atoms with E-state index in [0.717, 1.165) is 42.0 Å². The van der Waals surface area contributed by atoms with E-state index in [4.69, 9.17) is 23.2 Å². The summed E-state index contributed by atoms with van der Waals surface area (Å²) in [5.74, 6) is 0.436. The smallest absolute Gasteiger partial charge is 0.264 e. The largest absolute Gasteiger partial charge is 0.352 e. The van der Waals surface area contributed by atoms with Gasteiger partial charge >= 0.3 is 0 Å². The van der Waals surface area contributed by atoms with Gasteiger partial charge in [-0.25, -0.2) is 12.8 Å². The predicted octanol–water partition coefficient (Wildman–Crippen LogP) is 7.19. The molecule has 41 heavy (non-hydrogen) atoms. The number of benzene rings is 3. The summed E-state index contributed by atoms with van der Waals surface area (Å²) in [6.45, 7) is 0.501. The minimum absolute atomic E-state index is 0.0175. The number of carbonyl (C=O) groups is 1. The summed E-state index contributed by atoms with van der Waals surface area (Å²) in [5.41, 5.74) is 1.68. The molecule has 1 saturated carbocycles. The number of nitrogens with one attached hydrogen (secondary N) is 1. The number of rotatable bonds is 10. The lowest BCUT2D eigenvalue weighted by atomic mass is 9.75.